The van der Waals surface area contributed by atoms with Gasteiger partial charge in [-0.05, 0) is 113 Å². The lowest BCUT2D eigenvalue weighted by atomic mass is 9.83. The molecule has 1 N–H and O–H groups in total. The third kappa shape index (κ3) is 13.8. The first-order chi connectivity index (χ1) is 20.7. The Labute approximate surface area is 256 Å². The van der Waals surface area contributed by atoms with Gasteiger partial charge in [0.25, 0.3) is 0 Å². The van der Waals surface area contributed by atoms with E-state index in [1.807, 2.05) is 19.9 Å². The summed E-state index contributed by atoms with van der Waals surface area (Å²) in [5, 5.41) is 7.33. The maximum atomic E-state index is 13.2. The fraction of sp³-hybridized carbons (Fsp3) is 0.647. The Kier molecular flexibility index (Phi) is 16.8. The standard InChI is InChI=1S/C16H22FN.C14H20F3N3.C2H4O.C2H6/c17-16-6-2-5-14(11-16)15-8-10-18(12-15)9-7-13-3-1-4-13;1-20-9-6-11(7-10-20)3-2-4-13-18-8-5-12(19-13)14(15,16)17;1-2-3;1-2/h2,5-6,11,13,15H,1,3-4,7-10,12H2;5,8,11H,2-4,6-7,9-10H2,1H3;2-3H,1H2;1-2H3/t15-;;;/m1.../s1. The summed E-state index contributed by atoms with van der Waals surface area (Å²) < 4.78 is 50.8. The van der Waals surface area contributed by atoms with Crippen LogP contribution in [0.2, 0.25) is 0 Å². The van der Waals surface area contributed by atoms with Crippen LogP contribution in [-0.4, -0.2) is 64.6 Å². The number of benzene rings is 1. The van der Waals surface area contributed by atoms with Crippen LogP contribution in [0.5, 0.6) is 0 Å². The molecular weight excluding hydrogens is 556 g/mol. The molecule has 9 heteroatoms. The molecule has 43 heavy (non-hydrogen) atoms. The highest BCUT2D eigenvalue weighted by Crippen LogP contribution is 2.32. The van der Waals surface area contributed by atoms with Gasteiger partial charge < -0.3 is 14.9 Å². The highest BCUT2D eigenvalue weighted by Gasteiger charge is 2.32. The summed E-state index contributed by atoms with van der Waals surface area (Å²) in [5.41, 5.74) is 0.336. The molecule has 1 aromatic heterocycles. The van der Waals surface area contributed by atoms with Crippen LogP contribution in [0, 0.1) is 17.7 Å². The lowest BCUT2D eigenvalue weighted by Crippen LogP contribution is -2.30. The van der Waals surface area contributed by atoms with Crippen molar-refractivity contribution in [1.29, 1.82) is 0 Å². The molecule has 1 aliphatic carbocycles. The number of aliphatic hydroxyl groups is 1. The maximum absolute atomic E-state index is 13.2. The topological polar surface area (TPSA) is 52.5 Å². The van der Waals surface area contributed by atoms with E-state index in [-0.39, 0.29) is 5.82 Å². The van der Waals surface area contributed by atoms with Gasteiger partial charge in [0.2, 0.25) is 0 Å². The molecule has 0 unspecified atom stereocenters. The monoisotopic (exact) mass is 608 g/mol. The van der Waals surface area contributed by atoms with Gasteiger partial charge in [-0.15, -0.1) is 0 Å². The average Bonchev–Trinajstić information content (AvgIpc) is 3.44. The molecule has 0 bridgehead atoms. The number of hydrogen-bond acceptors (Lipinski definition) is 5. The van der Waals surface area contributed by atoms with Crippen molar-refractivity contribution in [2.45, 2.75) is 90.1 Å². The molecule has 2 aliphatic heterocycles. The normalized spacial score (nSPS) is 19.6. The second-order valence-electron chi connectivity index (χ2n) is 11.6. The predicted molar refractivity (Wildman–Crippen MR) is 167 cm³/mol. The van der Waals surface area contributed by atoms with Crippen LogP contribution < -0.4 is 0 Å². The smallest absolute Gasteiger partial charge is 0.433 e. The van der Waals surface area contributed by atoms with Crippen molar-refractivity contribution in [3.63, 3.8) is 0 Å². The van der Waals surface area contributed by atoms with E-state index in [1.54, 1.807) is 6.07 Å². The Hall–Kier alpha value is -2.52. The van der Waals surface area contributed by atoms with Crippen LogP contribution in [0.4, 0.5) is 17.6 Å². The van der Waals surface area contributed by atoms with Gasteiger partial charge in [0.15, 0.2) is 0 Å². The number of alkyl halides is 3. The number of aromatic nitrogens is 2. The summed E-state index contributed by atoms with van der Waals surface area (Å²) >= 11 is 0. The number of hydrogen-bond donors (Lipinski definition) is 1. The first-order valence-electron chi connectivity index (χ1n) is 16.0. The van der Waals surface area contributed by atoms with E-state index < -0.39 is 11.9 Å². The van der Waals surface area contributed by atoms with Gasteiger partial charge in [-0.2, -0.15) is 13.2 Å². The number of aryl methyl sites for hydroxylation is 1. The third-order valence-corrected chi connectivity index (χ3v) is 8.52. The Balaban J connectivity index is 0.000000262. The first-order valence-corrected chi connectivity index (χ1v) is 16.0. The molecule has 1 saturated carbocycles. The van der Waals surface area contributed by atoms with Crippen molar-refractivity contribution in [2.75, 3.05) is 39.8 Å². The summed E-state index contributed by atoms with van der Waals surface area (Å²) in [6.07, 6.45) is 9.24. The number of likely N-dealkylation sites (tertiary alicyclic amines) is 2. The van der Waals surface area contributed by atoms with Crippen LogP contribution >= 0.6 is 0 Å². The Morgan fingerprint density at radius 2 is 1.67 bits per heavy atom. The van der Waals surface area contributed by atoms with Gasteiger partial charge in [0.1, 0.15) is 17.3 Å². The fourth-order valence-electron chi connectivity index (χ4n) is 5.79. The SMILES string of the molecule is C=CO.CC.CN1CCC(CCCc2nccc(C(F)(F)F)n2)CC1.Fc1cccc([C@@H]2CCN(CCC3CCC3)C2)c1. The number of nitrogens with zero attached hydrogens (tertiary/aromatic N) is 4. The molecule has 0 spiro atoms. The van der Waals surface area contributed by atoms with Crippen molar-refractivity contribution >= 4 is 0 Å². The largest absolute Gasteiger partial charge is 0.516 e. The van der Waals surface area contributed by atoms with E-state index in [9.17, 15) is 17.6 Å². The highest BCUT2D eigenvalue weighted by atomic mass is 19.4. The fourth-order valence-corrected chi connectivity index (χ4v) is 5.79. The Morgan fingerprint density at radius 1 is 1.00 bits per heavy atom. The molecule has 3 aliphatic rings. The van der Waals surface area contributed by atoms with Crippen LogP contribution in [-0.2, 0) is 12.6 Å². The zero-order valence-corrected chi connectivity index (χ0v) is 26.3. The van der Waals surface area contributed by atoms with Crippen molar-refractivity contribution in [3.8, 4) is 0 Å². The molecule has 0 amide bonds. The Bertz CT molecular complexity index is 1040. The number of halogens is 4. The zero-order valence-electron chi connectivity index (χ0n) is 26.3. The summed E-state index contributed by atoms with van der Waals surface area (Å²) in [7, 11) is 2.12. The zero-order chi connectivity index (χ0) is 31.7. The second kappa shape index (κ2) is 19.7. The summed E-state index contributed by atoms with van der Waals surface area (Å²) in [6, 6.07) is 8.07. The van der Waals surface area contributed by atoms with Gasteiger partial charge in [-0.1, -0.05) is 51.8 Å². The number of piperidine rings is 1. The van der Waals surface area contributed by atoms with Crippen LogP contribution in [0.25, 0.3) is 0 Å². The molecule has 3 fully saturated rings. The van der Waals surface area contributed by atoms with Crippen molar-refractivity contribution < 1.29 is 22.7 Å². The molecule has 3 heterocycles. The summed E-state index contributed by atoms with van der Waals surface area (Å²) in [4.78, 5) is 12.4. The van der Waals surface area contributed by atoms with Gasteiger partial charge in [-0.25, -0.2) is 14.4 Å². The van der Waals surface area contributed by atoms with E-state index >= 15 is 0 Å². The lowest BCUT2D eigenvalue weighted by molar-refractivity contribution is -0.141. The molecular formula is C34H52F4N4O. The minimum atomic E-state index is -4.38. The molecule has 1 aromatic carbocycles. The molecule has 0 radical (unpaired) electrons. The first kappa shape index (κ1) is 36.7. The quantitative estimate of drug-likeness (QED) is 0.240. The lowest BCUT2D eigenvalue weighted by Gasteiger charge is -2.28. The molecule has 5 rings (SSSR count). The van der Waals surface area contributed by atoms with Crippen LogP contribution in [0.15, 0.2) is 49.4 Å². The van der Waals surface area contributed by atoms with Crippen molar-refractivity contribution in [2.24, 2.45) is 11.8 Å². The highest BCUT2D eigenvalue weighted by molar-refractivity contribution is 5.22. The predicted octanol–water partition coefficient (Wildman–Crippen LogP) is 8.68. The Morgan fingerprint density at radius 3 is 2.28 bits per heavy atom. The summed E-state index contributed by atoms with van der Waals surface area (Å²) in [6.45, 7) is 12.7. The average molecular weight is 609 g/mol. The molecule has 5 nitrogen and oxygen atoms in total. The molecule has 242 valence electrons. The van der Waals surface area contributed by atoms with Crippen LogP contribution in [0.1, 0.15) is 94.6 Å². The van der Waals surface area contributed by atoms with E-state index in [4.69, 9.17) is 5.11 Å². The van der Waals surface area contributed by atoms with Gasteiger partial charge in [-0.3, -0.25) is 0 Å². The minimum Gasteiger partial charge on any atom is -0.516 e. The molecule has 2 aromatic rings. The van der Waals surface area contributed by atoms with Crippen LogP contribution in [0.3, 0.4) is 0 Å². The minimum absolute atomic E-state index is 0.0968. The maximum Gasteiger partial charge on any atom is 0.433 e. The number of rotatable bonds is 8. The van der Waals surface area contributed by atoms with Crippen molar-refractivity contribution in [1.82, 2.24) is 19.8 Å². The van der Waals surface area contributed by atoms with E-state index in [1.165, 1.54) is 75.9 Å². The molecule has 2 saturated heterocycles. The van der Waals surface area contributed by atoms with E-state index in [0.717, 1.165) is 50.7 Å². The van der Waals surface area contributed by atoms with E-state index in [2.05, 4.69) is 39.5 Å². The van der Waals surface area contributed by atoms with E-state index in [0.29, 0.717) is 24.1 Å². The van der Waals surface area contributed by atoms with Crippen molar-refractivity contribution in [3.05, 3.63) is 72.3 Å². The summed E-state index contributed by atoms with van der Waals surface area (Å²) in [5.74, 6) is 2.44. The second-order valence-corrected chi connectivity index (χ2v) is 11.6. The number of aliphatic hydroxyl groups excluding tert-OH is 1. The molecule has 1 atom stereocenters. The third-order valence-electron chi connectivity index (χ3n) is 8.52. The van der Waals surface area contributed by atoms with Gasteiger partial charge in [0, 0.05) is 19.2 Å². The van der Waals surface area contributed by atoms with Gasteiger partial charge >= 0.3 is 6.18 Å². The van der Waals surface area contributed by atoms with Gasteiger partial charge in [0.05, 0.1) is 6.26 Å².